The highest BCUT2D eigenvalue weighted by molar-refractivity contribution is 8.79. The highest BCUT2D eigenvalue weighted by atomic mass is 33.1. The molecule has 0 spiro atoms. The SMILES string of the molecule is C/C1=C(\CCOC(=O)[C@@H](N)CCCCN)SS/C(CCOC(=O)[C@@H](N)CCCCN)=C(/C)N(C=O)CCCCCCCCCCCCN1C=O. The number of unbranched alkanes of at least 4 members (excludes halogenated alkanes) is 2. The molecule has 0 saturated heterocycles. The van der Waals surface area contributed by atoms with Gasteiger partial charge in [0, 0.05) is 47.1 Å². The summed E-state index contributed by atoms with van der Waals surface area (Å²) in [7, 11) is 2.92. The van der Waals surface area contributed by atoms with Crippen molar-refractivity contribution in [1.82, 2.24) is 9.80 Å². The van der Waals surface area contributed by atoms with Crippen molar-refractivity contribution in [3.8, 4) is 0 Å². The lowest BCUT2D eigenvalue weighted by molar-refractivity contribution is -0.146. The molecule has 0 aliphatic carbocycles. The fraction of sp³-hybridized carbons (Fsp3) is 0.778. The van der Waals surface area contributed by atoms with E-state index in [0.717, 1.165) is 98.2 Å². The number of allylic oxidation sites excluding steroid dienone is 2. The highest BCUT2D eigenvalue weighted by Crippen LogP contribution is 2.43. The molecule has 2 atom stereocenters. The van der Waals surface area contributed by atoms with Crippen LogP contribution in [0.15, 0.2) is 21.2 Å². The molecule has 0 saturated carbocycles. The lowest BCUT2D eigenvalue weighted by Gasteiger charge is -2.24. The molecule has 1 heterocycles. The molecule has 1 aliphatic rings. The number of hydrogen-bond acceptors (Lipinski definition) is 12. The summed E-state index contributed by atoms with van der Waals surface area (Å²) in [6.45, 7) is 6.31. The second-order valence-electron chi connectivity index (χ2n) is 12.9. The van der Waals surface area contributed by atoms with Gasteiger partial charge in [0.05, 0.1) is 13.2 Å². The van der Waals surface area contributed by atoms with E-state index in [1.165, 1.54) is 47.3 Å². The van der Waals surface area contributed by atoms with Crippen LogP contribution in [0.2, 0.25) is 0 Å². The fourth-order valence-electron chi connectivity index (χ4n) is 5.52. The maximum atomic E-state index is 12.6. The fourth-order valence-corrected chi connectivity index (χ4v) is 8.36. The lowest BCUT2D eigenvalue weighted by atomic mass is 10.1. The van der Waals surface area contributed by atoms with Gasteiger partial charge in [0.2, 0.25) is 12.8 Å². The molecule has 288 valence electrons. The zero-order valence-electron chi connectivity index (χ0n) is 30.7. The van der Waals surface area contributed by atoms with Gasteiger partial charge in [-0.25, -0.2) is 0 Å². The number of rotatable bonds is 18. The lowest BCUT2D eigenvalue weighted by Crippen LogP contribution is -2.32. The topological polar surface area (TPSA) is 197 Å². The summed E-state index contributed by atoms with van der Waals surface area (Å²) in [6, 6.07) is -1.43. The Kier molecular flexibility index (Phi) is 27.1. The second-order valence-corrected chi connectivity index (χ2v) is 15.3. The number of carbonyl (C=O) groups excluding carboxylic acids is 4. The molecule has 0 unspecified atom stereocenters. The molecule has 0 aromatic heterocycles. The molecule has 12 nitrogen and oxygen atoms in total. The van der Waals surface area contributed by atoms with E-state index in [-0.39, 0.29) is 13.2 Å². The van der Waals surface area contributed by atoms with Crippen molar-refractivity contribution < 1.29 is 28.7 Å². The first-order valence-corrected chi connectivity index (χ1v) is 20.8. The minimum absolute atomic E-state index is 0.106. The van der Waals surface area contributed by atoms with Gasteiger partial charge in [0.25, 0.3) is 0 Å². The zero-order valence-corrected chi connectivity index (χ0v) is 32.4. The number of ether oxygens (including phenoxy) is 2. The van der Waals surface area contributed by atoms with E-state index in [9.17, 15) is 19.2 Å². The third kappa shape index (κ3) is 20.1. The van der Waals surface area contributed by atoms with Gasteiger partial charge < -0.3 is 42.2 Å². The van der Waals surface area contributed by atoms with E-state index in [0.29, 0.717) is 51.9 Å². The standard InChI is InChI=1S/C36H66N6O6S2/c1-29-33(19-25-47-35(45)31(39)17-11-13-21-37)49-50-34(20-26-48-36(46)32(40)18-12-14-22-38)30(2)42(28-44)24-16-10-8-6-4-3-5-7-9-15-23-41(29)27-43/h27-28,31-32H,3-26,37-40H2,1-2H3/b33-29-,34-30-/t31-,32-/m0/s1. The van der Waals surface area contributed by atoms with Crippen LogP contribution in [0.1, 0.15) is 129 Å². The maximum Gasteiger partial charge on any atom is 0.322 e. The van der Waals surface area contributed by atoms with Crippen LogP contribution in [0.4, 0.5) is 0 Å². The van der Waals surface area contributed by atoms with E-state index in [2.05, 4.69) is 0 Å². The quantitative estimate of drug-likeness (QED) is 0.0601. The first-order valence-electron chi connectivity index (χ1n) is 18.6. The Hall–Kier alpha value is -2.10. The molecule has 2 amide bonds. The van der Waals surface area contributed by atoms with Crippen LogP contribution in [0.3, 0.4) is 0 Å². The number of nitrogens with two attached hydrogens (primary N) is 4. The average molecular weight is 743 g/mol. The van der Waals surface area contributed by atoms with Gasteiger partial charge in [-0.05, 0) is 65.5 Å². The van der Waals surface area contributed by atoms with Gasteiger partial charge in [0.15, 0.2) is 0 Å². The molecule has 0 fully saturated rings. The van der Waals surface area contributed by atoms with Crippen LogP contribution in [0, 0.1) is 0 Å². The number of esters is 2. The zero-order chi connectivity index (χ0) is 37.0. The molecule has 1 rings (SSSR count). The number of carbonyl (C=O) groups is 4. The summed E-state index contributed by atoms with van der Waals surface area (Å²) in [5.41, 5.74) is 24.8. The Balaban J connectivity index is 3.25. The summed E-state index contributed by atoms with van der Waals surface area (Å²) in [4.78, 5) is 55.0. The van der Waals surface area contributed by atoms with Crippen molar-refractivity contribution in [2.24, 2.45) is 22.9 Å². The van der Waals surface area contributed by atoms with E-state index >= 15 is 0 Å². The largest absolute Gasteiger partial charge is 0.464 e. The first kappa shape index (κ1) is 45.9. The maximum absolute atomic E-state index is 12.6. The number of nitrogens with zero attached hydrogens (tertiary/aromatic N) is 2. The van der Waals surface area contributed by atoms with Crippen molar-refractivity contribution in [3.63, 3.8) is 0 Å². The van der Waals surface area contributed by atoms with E-state index in [1.54, 1.807) is 9.80 Å². The normalized spacial score (nSPS) is 20.8. The molecule has 8 N–H and O–H groups in total. The summed E-state index contributed by atoms with van der Waals surface area (Å²) in [6.07, 6.45) is 17.5. The summed E-state index contributed by atoms with van der Waals surface area (Å²) >= 11 is 0. The van der Waals surface area contributed by atoms with Crippen LogP contribution in [-0.2, 0) is 28.7 Å². The summed E-state index contributed by atoms with van der Waals surface area (Å²) < 4.78 is 11.1. The summed E-state index contributed by atoms with van der Waals surface area (Å²) in [5.74, 6) is -0.920. The minimum atomic E-state index is -0.716. The molecule has 0 bridgehead atoms. The van der Waals surface area contributed by atoms with Crippen LogP contribution in [-0.4, -0.2) is 86.0 Å². The number of hydrogen-bond donors (Lipinski definition) is 4. The molecular weight excluding hydrogens is 677 g/mol. The second kappa shape index (κ2) is 29.5. The molecule has 1 aliphatic heterocycles. The van der Waals surface area contributed by atoms with Crippen molar-refractivity contribution in [1.29, 1.82) is 0 Å². The van der Waals surface area contributed by atoms with E-state index in [1.807, 2.05) is 13.8 Å². The number of amides is 2. The highest BCUT2D eigenvalue weighted by Gasteiger charge is 2.20. The molecule has 0 aromatic carbocycles. The average Bonchev–Trinajstić information content (AvgIpc) is 3.11. The Morgan fingerprint density at radius 1 is 0.640 bits per heavy atom. The summed E-state index contributed by atoms with van der Waals surface area (Å²) in [5, 5.41) is 0. The monoisotopic (exact) mass is 742 g/mol. The first-order chi connectivity index (χ1) is 24.2. The Morgan fingerprint density at radius 2 is 0.980 bits per heavy atom. The van der Waals surface area contributed by atoms with Gasteiger partial charge in [-0.3, -0.25) is 19.2 Å². The van der Waals surface area contributed by atoms with Crippen molar-refractivity contribution in [2.75, 3.05) is 39.4 Å². The Morgan fingerprint density at radius 3 is 1.30 bits per heavy atom. The van der Waals surface area contributed by atoms with Crippen molar-refractivity contribution >= 4 is 46.3 Å². The third-order valence-corrected chi connectivity index (χ3v) is 11.8. The van der Waals surface area contributed by atoms with Crippen LogP contribution < -0.4 is 22.9 Å². The van der Waals surface area contributed by atoms with Crippen LogP contribution in [0.25, 0.3) is 0 Å². The molecule has 0 aromatic rings. The van der Waals surface area contributed by atoms with Gasteiger partial charge >= 0.3 is 11.9 Å². The Labute approximate surface area is 309 Å². The van der Waals surface area contributed by atoms with Crippen molar-refractivity contribution in [3.05, 3.63) is 21.2 Å². The minimum Gasteiger partial charge on any atom is -0.464 e. The van der Waals surface area contributed by atoms with Gasteiger partial charge in [-0.15, -0.1) is 0 Å². The van der Waals surface area contributed by atoms with Crippen LogP contribution in [0.5, 0.6) is 0 Å². The Bertz CT molecular complexity index is 967. The third-order valence-electron chi connectivity index (χ3n) is 8.90. The van der Waals surface area contributed by atoms with Crippen LogP contribution >= 0.6 is 21.6 Å². The van der Waals surface area contributed by atoms with Crippen molar-refractivity contribution in [2.45, 2.75) is 142 Å². The van der Waals surface area contributed by atoms with Gasteiger partial charge in [-0.1, -0.05) is 85.8 Å². The van der Waals surface area contributed by atoms with Gasteiger partial charge in [-0.2, -0.15) is 0 Å². The predicted octanol–water partition coefficient (Wildman–Crippen LogP) is 5.44. The smallest absolute Gasteiger partial charge is 0.322 e. The molecule has 50 heavy (non-hydrogen) atoms. The molecule has 14 heteroatoms. The van der Waals surface area contributed by atoms with E-state index in [4.69, 9.17) is 32.4 Å². The van der Waals surface area contributed by atoms with E-state index < -0.39 is 24.0 Å². The predicted molar refractivity (Wildman–Crippen MR) is 205 cm³/mol. The molecular formula is C36H66N6O6S2. The van der Waals surface area contributed by atoms with Gasteiger partial charge in [0.1, 0.15) is 12.1 Å². The molecule has 0 radical (unpaired) electrons.